The average molecular weight is 439 g/mol. The summed E-state index contributed by atoms with van der Waals surface area (Å²) in [6.45, 7) is 8.12. The second kappa shape index (κ2) is 8.97. The molecule has 0 spiro atoms. The smallest absolute Gasteiger partial charge is 0.228 e. The van der Waals surface area contributed by atoms with Crippen LogP contribution in [0, 0.1) is 6.92 Å². The topological polar surface area (TPSA) is 102 Å². The number of hydrogen-bond donors (Lipinski definition) is 2. The van der Waals surface area contributed by atoms with Crippen LogP contribution in [0.5, 0.6) is 0 Å². The van der Waals surface area contributed by atoms with Crippen molar-refractivity contribution in [2.45, 2.75) is 45.5 Å². The number of fused-ring (bicyclic) bond motifs is 3. The molecule has 2 bridgehead atoms. The molecule has 0 radical (unpaired) electrons. The Kier molecular flexibility index (Phi) is 5.90. The van der Waals surface area contributed by atoms with Gasteiger partial charge in [-0.05, 0) is 38.0 Å². The zero-order valence-electron chi connectivity index (χ0n) is 18.8. The molecule has 0 aliphatic carbocycles. The Hall–Kier alpha value is -2.82. The van der Waals surface area contributed by atoms with Gasteiger partial charge in [0.25, 0.3) is 0 Å². The first-order valence-corrected chi connectivity index (χ1v) is 11.2. The fourth-order valence-corrected chi connectivity index (χ4v) is 4.57. The van der Waals surface area contributed by atoms with Crippen LogP contribution in [0.15, 0.2) is 18.3 Å². The van der Waals surface area contributed by atoms with Crippen molar-refractivity contribution in [3.05, 3.63) is 29.6 Å². The number of aryl methyl sites for hydroxylation is 1. The van der Waals surface area contributed by atoms with Gasteiger partial charge in [-0.3, -0.25) is 4.68 Å². The number of nitrogens with zero attached hydrogens (tertiary/aromatic N) is 6. The Morgan fingerprint density at radius 3 is 2.94 bits per heavy atom. The summed E-state index contributed by atoms with van der Waals surface area (Å²) in [5.74, 6) is 2.17. The predicted octanol–water partition coefficient (Wildman–Crippen LogP) is 2.01. The van der Waals surface area contributed by atoms with Gasteiger partial charge in [-0.15, -0.1) is 0 Å². The highest BCUT2D eigenvalue weighted by molar-refractivity contribution is 5.90. The number of rotatable bonds is 9. The molecular weight excluding hydrogens is 408 g/mol. The number of hydrogen-bond acceptors (Lipinski definition) is 9. The highest BCUT2D eigenvalue weighted by atomic mass is 16.5. The van der Waals surface area contributed by atoms with Gasteiger partial charge in [-0.1, -0.05) is 0 Å². The van der Waals surface area contributed by atoms with E-state index in [1.54, 1.807) is 13.3 Å². The first kappa shape index (κ1) is 21.0. The van der Waals surface area contributed by atoms with Crippen molar-refractivity contribution in [2.24, 2.45) is 0 Å². The predicted molar refractivity (Wildman–Crippen MR) is 122 cm³/mol. The second-order valence-electron chi connectivity index (χ2n) is 8.36. The van der Waals surface area contributed by atoms with E-state index < -0.39 is 0 Å². The fraction of sp³-hybridized carbons (Fsp3) is 0.545. The molecule has 10 nitrogen and oxygen atoms in total. The van der Waals surface area contributed by atoms with E-state index in [2.05, 4.69) is 20.5 Å². The van der Waals surface area contributed by atoms with Crippen LogP contribution in [0.4, 0.5) is 17.6 Å². The molecule has 10 heteroatoms. The van der Waals surface area contributed by atoms with Gasteiger partial charge in [-0.2, -0.15) is 10.1 Å². The van der Waals surface area contributed by atoms with Gasteiger partial charge in [0.2, 0.25) is 5.95 Å². The Bertz CT molecular complexity index is 1100. The minimum absolute atomic E-state index is 0.379. The molecule has 32 heavy (non-hydrogen) atoms. The lowest BCUT2D eigenvalue weighted by atomic mass is 10.2. The molecule has 2 aliphatic heterocycles. The van der Waals surface area contributed by atoms with Gasteiger partial charge in [0.15, 0.2) is 5.82 Å². The maximum atomic E-state index is 5.59. The summed E-state index contributed by atoms with van der Waals surface area (Å²) in [7, 11) is 1.67. The van der Waals surface area contributed by atoms with Crippen molar-refractivity contribution in [1.82, 2.24) is 30.0 Å². The van der Waals surface area contributed by atoms with Gasteiger partial charge >= 0.3 is 0 Å². The van der Waals surface area contributed by atoms with E-state index in [-0.39, 0.29) is 0 Å². The van der Waals surface area contributed by atoms with Crippen LogP contribution < -0.4 is 15.5 Å². The van der Waals surface area contributed by atoms with Crippen molar-refractivity contribution >= 4 is 28.6 Å². The zero-order valence-corrected chi connectivity index (χ0v) is 18.8. The number of nitrogens with one attached hydrogen (secondary N) is 2. The molecule has 2 fully saturated rings. The average Bonchev–Trinajstić information content (AvgIpc) is 3.50. The molecule has 170 valence electrons. The van der Waals surface area contributed by atoms with Crippen LogP contribution >= 0.6 is 0 Å². The van der Waals surface area contributed by atoms with Gasteiger partial charge in [-0.25, -0.2) is 9.97 Å². The number of ether oxygens (including phenoxy) is 2. The van der Waals surface area contributed by atoms with Crippen LogP contribution in [0.1, 0.15) is 24.6 Å². The van der Waals surface area contributed by atoms with Crippen molar-refractivity contribution in [3.63, 3.8) is 0 Å². The molecule has 0 aromatic carbocycles. The zero-order chi connectivity index (χ0) is 22.1. The summed E-state index contributed by atoms with van der Waals surface area (Å²) in [6, 6.07) is 4.90. The monoisotopic (exact) mass is 438 g/mol. The maximum absolute atomic E-state index is 5.59. The quantitative estimate of drug-likeness (QED) is 0.486. The number of methoxy groups -OCH3 is 1. The SMILES string of the molecule is CCOCCn1nc(COC)c2nc(N3C[C@H]4C[C@@H]3CN4)nc(Nc3cc(C)ccn3)c21. The minimum Gasteiger partial charge on any atom is -0.380 e. The van der Waals surface area contributed by atoms with E-state index in [0.29, 0.717) is 44.3 Å². The fourth-order valence-electron chi connectivity index (χ4n) is 4.57. The first-order chi connectivity index (χ1) is 15.7. The lowest BCUT2D eigenvalue weighted by Gasteiger charge is -2.27. The first-order valence-electron chi connectivity index (χ1n) is 11.2. The minimum atomic E-state index is 0.379. The van der Waals surface area contributed by atoms with E-state index in [1.807, 2.05) is 30.7 Å². The Labute approximate surface area is 187 Å². The summed E-state index contributed by atoms with van der Waals surface area (Å²) >= 11 is 0. The second-order valence-corrected chi connectivity index (χ2v) is 8.36. The summed E-state index contributed by atoms with van der Waals surface area (Å²) in [6.07, 6.45) is 2.92. The number of aromatic nitrogens is 5. The van der Waals surface area contributed by atoms with E-state index >= 15 is 0 Å². The summed E-state index contributed by atoms with van der Waals surface area (Å²) in [4.78, 5) is 16.8. The van der Waals surface area contributed by atoms with Crippen LogP contribution in [0.25, 0.3) is 11.0 Å². The molecule has 0 unspecified atom stereocenters. The molecule has 3 aromatic heterocycles. The third-order valence-corrected chi connectivity index (χ3v) is 6.05. The molecule has 3 aromatic rings. The number of pyridine rings is 1. The molecular formula is C22H30N8O2. The third-order valence-electron chi connectivity index (χ3n) is 6.05. The van der Waals surface area contributed by atoms with E-state index in [4.69, 9.17) is 24.5 Å². The van der Waals surface area contributed by atoms with Crippen LogP contribution in [-0.2, 0) is 22.6 Å². The van der Waals surface area contributed by atoms with Crippen molar-refractivity contribution in [2.75, 3.05) is 43.6 Å². The molecule has 0 saturated carbocycles. The largest absolute Gasteiger partial charge is 0.380 e. The summed E-state index contributed by atoms with van der Waals surface area (Å²) in [5, 5.41) is 11.8. The Morgan fingerprint density at radius 1 is 1.31 bits per heavy atom. The van der Waals surface area contributed by atoms with Crippen molar-refractivity contribution in [3.8, 4) is 0 Å². The lowest BCUT2D eigenvalue weighted by Crippen LogP contribution is -2.44. The molecule has 2 atom stereocenters. The van der Waals surface area contributed by atoms with E-state index in [1.165, 1.54) is 0 Å². The lowest BCUT2D eigenvalue weighted by molar-refractivity contribution is 0.136. The Morgan fingerprint density at radius 2 is 2.22 bits per heavy atom. The molecule has 2 N–H and O–H groups in total. The van der Waals surface area contributed by atoms with Crippen LogP contribution in [0.2, 0.25) is 0 Å². The van der Waals surface area contributed by atoms with Crippen molar-refractivity contribution < 1.29 is 9.47 Å². The van der Waals surface area contributed by atoms with Crippen LogP contribution in [-0.4, -0.2) is 70.2 Å². The molecule has 2 aliphatic rings. The van der Waals surface area contributed by atoms with Gasteiger partial charge < -0.3 is 25.0 Å². The summed E-state index contributed by atoms with van der Waals surface area (Å²) in [5.41, 5.74) is 3.57. The van der Waals surface area contributed by atoms with Crippen LogP contribution in [0.3, 0.4) is 0 Å². The van der Waals surface area contributed by atoms with Gasteiger partial charge in [0, 0.05) is 45.1 Å². The maximum Gasteiger partial charge on any atom is 0.228 e. The third kappa shape index (κ3) is 4.01. The standard InChI is InChI=1S/C22H30N8O2/c1-4-32-8-7-30-20-19(17(28-30)13-31-3)26-22(29-12-15-10-16(29)11-24-15)27-21(20)25-18-9-14(2)5-6-23-18/h5-6,9,15-16,24H,4,7-8,10-13H2,1-3H3,(H,23,25,26,27)/t15-,16-/m1/s1. The van der Waals surface area contributed by atoms with Crippen molar-refractivity contribution in [1.29, 1.82) is 0 Å². The highest BCUT2D eigenvalue weighted by Crippen LogP contribution is 2.33. The molecule has 5 rings (SSSR count). The number of piperazine rings is 1. The molecule has 5 heterocycles. The molecule has 2 saturated heterocycles. The van der Waals surface area contributed by atoms with E-state index in [9.17, 15) is 0 Å². The normalized spacial score (nSPS) is 19.9. The molecule has 0 amide bonds. The summed E-state index contributed by atoms with van der Waals surface area (Å²) < 4.78 is 12.9. The van der Waals surface area contributed by atoms with Gasteiger partial charge in [0.1, 0.15) is 22.5 Å². The van der Waals surface area contributed by atoms with E-state index in [0.717, 1.165) is 53.6 Å². The van der Waals surface area contributed by atoms with Gasteiger partial charge in [0.05, 0.1) is 19.8 Å². The number of anilines is 3. The highest BCUT2D eigenvalue weighted by Gasteiger charge is 2.39. The Balaban J connectivity index is 1.62.